The van der Waals surface area contributed by atoms with Crippen molar-refractivity contribution in [1.82, 2.24) is 23.9 Å². The van der Waals surface area contributed by atoms with Crippen molar-refractivity contribution in [1.29, 1.82) is 0 Å². The third-order valence-corrected chi connectivity index (χ3v) is 7.51. The van der Waals surface area contributed by atoms with E-state index in [2.05, 4.69) is 25.3 Å². The summed E-state index contributed by atoms with van der Waals surface area (Å²) in [4.78, 5) is 45.3. The molecule has 4 heterocycles. The predicted octanol–water partition coefficient (Wildman–Crippen LogP) is 5.59. The van der Waals surface area contributed by atoms with E-state index in [1.54, 1.807) is 77.2 Å². The molecule has 0 spiro atoms. The molecule has 0 aliphatic rings. The Hall–Kier alpha value is -5.04. The number of fused-ring (bicyclic) bond motifs is 1. The highest BCUT2D eigenvalue weighted by Gasteiger charge is 2.29. The third-order valence-electron chi connectivity index (χ3n) is 6.19. The lowest BCUT2D eigenvalue weighted by Gasteiger charge is -2.26. The van der Waals surface area contributed by atoms with Crippen LogP contribution in [-0.2, 0) is 15.7 Å². The van der Waals surface area contributed by atoms with Crippen LogP contribution in [0.5, 0.6) is 0 Å². The number of anilines is 3. The maximum Gasteiger partial charge on any atom is 0.420 e. The van der Waals surface area contributed by atoms with Gasteiger partial charge in [-0.2, -0.15) is 4.39 Å². The van der Waals surface area contributed by atoms with Crippen LogP contribution in [-0.4, -0.2) is 52.6 Å². The number of hydrogen-bond acceptors (Lipinski definition) is 9. The Morgan fingerprint density at radius 2 is 1.74 bits per heavy atom. The Labute approximate surface area is 249 Å². The monoisotopic (exact) mass is 601 g/mol. The molecule has 13 heteroatoms. The van der Waals surface area contributed by atoms with E-state index in [1.807, 2.05) is 0 Å². The molecule has 0 bridgehead atoms. The molecule has 1 atom stereocenters. The van der Waals surface area contributed by atoms with Crippen LogP contribution in [0.15, 0.2) is 78.2 Å². The molecule has 1 amide bonds. The minimum atomic E-state index is -1.76. The van der Waals surface area contributed by atoms with Crippen LogP contribution >= 0.6 is 0 Å². The zero-order valence-corrected chi connectivity index (χ0v) is 24.8. The first-order valence-corrected chi connectivity index (χ1v) is 14.3. The molecule has 0 saturated heterocycles. The normalized spacial score (nSPS) is 12.1. The average molecular weight is 602 g/mol. The fourth-order valence-electron chi connectivity index (χ4n) is 4.27. The Bertz CT molecular complexity index is 1850. The molecule has 11 nitrogen and oxygen atoms in total. The van der Waals surface area contributed by atoms with E-state index in [1.165, 1.54) is 34.8 Å². The van der Waals surface area contributed by atoms with Gasteiger partial charge in [-0.3, -0.25) is 9.78 Å². The summed E-state index contributed by atoms with van der Waals surface area (Å²) in [6.07, 6.45) is 3.29. The van der Waals surface area contributed by atoms with E-state index in [0.29, 0.717) is 22.1 Å². The Kier molecular flexibility index (Phi) is 8.00. The van der Waals surface area contributed by atoms with Crippen molar-refractivity contribution >= 4 is 51.2 Å². The molecular weight excluding hydrogens is 573 g/mol. The number of ketones is 1. The fraction of sp³-hybridized carbons (Fsp3) is 0.200. The molecule has 1 N–H and O–H groups in total. The predicted molar refractivity (Wildman–Crippen MR) is 160 cm³/mol. The first-order chi connectivity index (χ1) is 20.5. The Morgan fingerprint density at radius 1 is 1.00 bits per heavy atom. The SMILES string of the molecule is CNc1ncnc2c1c(C(=O)c1ccc(N(C(=O)OC(C)(C)C)c3ccc(C)nc3)nc1F)cn2S(=O)c1ccccc1. The van der Waals surface area contributed by atoms with Crippen molar-refractivity contribution in [3.63, 3.8) is 0 Å². The van der Waals surface area contributed by atoms with Crippen molar-refractivity contribution < 1.29 is 22.9 Å². The maximum atomic E-state index is 15.7. The van der Waals surface area contributed by atoms with Crippen molar-refractivity contribution in [3.8, 4) is 0 Å². The smallest absolute Gasteiger partial charge is 0.420 e. The molecule has 0 aliphatic carbocycles. The molecule has 1 aromatic carbocycles. The molecule has 0 fully saturated rings. The number of carbonyl (C=O) groups is 2. The molecule has 1 unspecified atom stereocenters. The quantitative estimate of drug-likeness (QED) is 0.187. The van der Waals surface area contributed by atoms with Gasteiger partial charge in [-0.25, -0.2) is 32.8 Å². The van der Waals surface area contributed by atoms with Gasteiger partial charge < -0.3 is 10.1 Å². The molecule has 5 aromatic rings. The standard InChI is InChI=1S/C30H28FN7O4S/c1-18-11-12-19(15-33-18)38(29(40)42-30(2,3)4)23-14-13-21(26(31)36-23)25(39)22-16-37(43(41)20-9-7-6-8-10-20)28-24(22)27(32-5)34-17-35-28/h6-17H,1-5H3,(H,32,34,35). The van der Waals surface area contributed by atoms with Gasteiger partial charge in [0.05, 0.1) is 33.3 Å². The largest absolute Gasteiger partial charge is 0.443 e. The second-order valence-corrected chi connectivity index (χ2v) is 11.8. The van der Waals surface area contributed by atoms with Crippen molar-refractivity contribution in [2.45, 2.75) is 38.2 Å². The minimum absolute atomic E-state index is 0.0180. The Balaban J connectivity index is 1.59. The van der Waals surface area contributed by atoms with Crippen LogP contribution in [0.4, 0.5) is 26.5 Å². The highest BCUT2D eigenvalue weighted by atomic mass is 32.2. The third kappa shape index (κ3) is 5.97. The van der Waals surface area contributed by atoms with E-state index in [-0.39, 0.29) is 28.0 Å². The number of rotatable bonds is 7. The van der Waals surface area contributed by atoms with E-state index in [0.717, 1.165) is 4.90 Å². The highest BCUT2D eigenvalue weighted by Crippen LogP contribution is 2.31. The number of amides is 1. The van der Waals surface area contributed by atoms with Crippen molar-refractivity contribution in [2.24, 2.45) is 0 Å². The molecular formula is C30H28FN7O4S. The summed E-state index contributed by atoms with van der Waals surface area (Å²) >= 11 is 0. The lowest BCUT2D eigenvalue weighted by Crippen LogP contribution is -2.34. The number of pyridine rings is 2. The number of nitrogens with zero attached hydrogens (tertiary/aromatic N) is 6. The van der Waals surface area contributed by atoms with Gasteiger partial charge in [-0.15, -0.1) is 0 Å². The van der Waals surface area contributed by atoms with Crippen molar-refractivity contribution in [3.05, 3.63) is 96.1 Å². The summed E-state index contributed by atoms with van der Waals surface area (Å²) in [6.45, 7) is 6.90. The highest BCUT2D eigenvalue weighted by molar-refractivity contribution is 7.83. The van der Waals surface area contributed by atoms with Crippen LogP contribution < -0.4 is 10.2 Å². The van der Waals surface area contributed by atoms with Crippen LogP contribution in [0, 0.1) is 12.9 Å². The minimum Gasteiger partial charge on any atom is -0.443 e. The summed E-state index contributed by atoms with van der Waals surface area (Å²) in [5, 5.41) is 3.18. The van der Waals surface area contributed by atoms with Crippen molar-refractivity contribution in [2.75, 3.05) is 17.3 Å². The topological polar surface area (TPSA) is 132 Å². The number of nitrogens with one attached hydrogen (secondary N) is 1. The number of halogens is 1. The van der Waals surface area contributed by atoms with E-state index < -0.39 is 34.4 Å². The molecule has 0 aliphatic heterocycles. The number of carbonyl (C=O) groups excluding carboxylic acids is 2. The molecule has 0 radical (unpaired) electrons. The molecule has 5 rings (SSSR count). The van der Waals surface area contributed by atoms with Crippen LogP contribution in [0.1, 0.15) is 42.4 Å². The summed E-state index contributed by atoms with van der Waals surface area (Å²) in [5.74, 6) is -1.67. The number of hydrogen-bond donors (Lipinski definition) is 1. The summed E-state index contributed by atoms with van der Waals surface area (Å²) in [6, 6.07) is 14.6. The van der Waals surface area contributed by atoms with Gasteiger partial charge in [0, 0.05) is 18.9 Å². The van der Waals surface area contributed by atoms with Gasteiger partial charge in [0.1, 0.15) is 23.6 Å². The average Bonchev–Trinajstić information content (AvgIpc) is 3.37. The summed E-state index contributed by atoms with van der Waals surface area (Å²) < 4.78 is 36.1. The van der Waals surface area contributed by atoms with Gasteiger partial charge in [-0.05, 0) is 64.1 Å². The molecule has 0 saturated carbocycles. The zero-order chi connectivity index (χ0) is 30.9. The van der Waals surface area contributed by atoms with Gasteiger partial charge in [0.25, 0.3) is 0 Å². The first-order valence-electron chi connectivity index (χ1n) is 13.2. The van der Waals surface area contributed by atoms with Gasteiger partial charge >= 0.3 is 6.09 Å². The zero-order valence-electron chi connectivity index (χ0n) is 24.0. The number of aromatic nitrogens is 5. The fourth-order valence-corrected chi connectivity index (χ4v) is 5.38. The van der Waals surface area contributed by atoms with Gasteiger partial charge in [0.15, 0.2) is 22.4 Å². The lowest BCUT2D eigenvalue weighted by atomic mass is 10.0. The number of aryl methyl sites for hydroxylation is 1. The Morgan fingerprint density at radius 3 is 2.37 bits per heavy atom. The second kappa shape index (κ2) is 11.7. The van der Waals surface area contributed by atoms with Crippen LogP contribution in [0.2, 0.25) is 0 Å². The molecule has 220 valence electrons. The van der Waals surface area contributed by atoms with Gasteiger partial charge in [0.2, 0.25) is 5.95 Å². The lowest BCUT2D eigenvalue weighted by molar-refractivity contribution is 0.0598. The van der Waals surface area contributed by atoms with Gasteiger partial charge in [-0.1, -0.05) is 18.2 Å². The van der Waals surface area contributed by atoms with E-state index in [4.69, 9.17) is 4.74 Å². The summed E-state index contributed by atoms with van der Waals surface area (Å²) in [7, 11) is -0.148. The maximum absolute atomic E-state index is 15.7. The molecule has 4 aromatic heterocycles. The number of benzene rings is 1. The second-order valence-electron chi connectivity index (χ2n) is 10.4. The number of ether oxygens (including phenoxy) is 1. The van der Waals surface area contributed by atoms with Crippen LogP contribution in [0.25, 0.3) is 11.0 Å². The molecule has 43 heavy (non-hydrogen) atoms. The first kappa shape index (κ1) is 29.5. The van der Waals surface area contributed by atoms with Crippen LogP contribution in [0.3, 0.4) is 0 Å². The van der Waals surface area contributed by atoms with E-state index >= 15 is 4.39 Å². The summed E-state index contributed by atoms with van der Waals surface area (Å²) in [5.41, 5.74) is 0.0363. The van der Waals surface area contributed by atoms with E-state index in [9.17, 15) is 13.8 Å².